The molecule has 4 nitrogen and oxygen atoms in total. The van der Waals surface area contributed by atoms with Crippen LogP contribution in [0, 0.1) is 5.92 Å². The molecule has 1 aromatic carbocycles. The van der Waals surface area contributed by atoms with Gasteiger partial charge in [0.25, 0.3) is 0 Å². The predicted octanol–water partition coefficient (Wildman–Crippen LogP) is 2.84. The van der Waals surface area contributed by atoms with Gasteiger partial charge in [-0.2, -0.15) is 0 Å². The van der Waals surface area contributed by atoms with Crippen LogP contribution in [0.15, 0.2) is 30.5 Å². The fraction of sp³-hybridized carbons (Fsp3) is 0.333. The second kappa shape index (κ2) is 5.29. The molecule has 2 aromatic rings. The van der Waals surface area contributed by atoms with Gasteiger partial charge in [0.15, 0.2) is 0 Å². The Hall–Kier alpha value is -1.81. The van der Waals surface area contributed by atoms with E-state index in [2.05, 4.69) is 4.98 Å². The van der Waals surface area contributed by atoms with Gasteiger partial charge in [-0.05, 0) is 18.1 Å². The van der Waals surface area contributed by atoms with Crippen LogP contribution in [0.3, 0.4) is 0 Å². The number of ether oxygens (including phenoxy) is 1. The standard InChI is InChI=1S/C15H15ClN2O2/c1-20-12-6-11-3-2-4-17-15(11)13(7-12)18-9-10(8-16)5-14(18)19/h2-4,6-7,10H,5,8-9H2,1H3. The van der Waals surface area contributed by atoms with Gasteiger partial charge in [-0.25, -0.2) is 0 Å². The van der Waals surface area contributed by atoms with E-state index in [0.717, 1.165) is 22.3 Å². The number of nitrogens with zero attached hydrogens (tertiary/aromatic N) is 2. The summed E-state index contributed by atoms with van der Waals surface area (Å²) < 4.78 is 5.32. The maximum absolute atomic E-state index is 12.2. The number of anilines is 1. The van der Waals surface area contributed by atoms with E-state index in [-0.39, 0.29) is 11.8 Å². The summed E-state index contributed by atoms with van der Waals surface area (Å²) >= 11 is 5.88. The number of halogens is 1. The average molecular weight is 291 g/mol. The molecule has 20 heavy (non-hydrogen) atoms. The molecule has 1 aromatic heterocycles. The number of amides is 1. The number of alkyl halides is 1. The number of hydrogen-bond donors (Lipinski definition) is 0. The Labute approximate surface area is 122 Å². The molecule has 1 fully saturated rings. The first-order valence-electron chi connectivity index (χ1n) is 6.52. The van der Waals surface area contributed by atoms with Gasteiger partial charge in [-0.1, -0.05) is 6.07 Å². The van der Waals surface area contributed by atoms with Gasteiger partial charge in [0.1, 0.15) is 5.75 Å². The molecule has 0 radical (unpaired) electrons. The van der Waals surface area contributed by atoms with Crippen molar-refractivity contribution in [2.24, 2.45) is 5.92 Å². The molecule has 0 bridgehead atoms. The topological polar surface area (TPSA) is 42.4 Å². The first kappa shape index (κ1) is 13.2. The summed E-state index contributed by atoms with van der Waals surface area (Å²) in [6.45, 7) is 0.640. The van der Waals surface area contributed by atoms with Crippen molar-refractivity contribution < 1.29 is 9.53 Å². The molecule has 1 saturated heterocycles. The molecule has 1 aliphatic heterocycles. The van der Waals surface area contributed by atoms with Crippen LogP contribution >= 0.6 is 11.6 Å². The summed E-state index contributed by atoms with van der Waals surface area (Å²) in [5, 5.41) is 0.962. The van der Waals surface area contributed by atoms with Gasteiger partial charge < -0.3 is 9.64 Å². The molecule has 5 heteroatoms. The first-order valence-corrected chi connectivity index (χ1v) is 7.05. The highest BCUT2D eigenvalue weighted by Gasteiger charge is 2.31. The average Bonchev–Trinajstić information content (AvgIpc) is 2.87. The number of rotatable bonds is 3. The SMILES string of the molecule is COc1cc(N2CC(CCl)CC2=O)c2ncccc2c1. The maximum atomic E-state index is 12.2. The van der Waals surface area contributed by atoms with E-state index < -0.39 is 0 Å². The van der Waals surface area contributed by atoms with Gasteiger partial charge in [-0.15, -0.1) is 11.6 Å². The van der Waals surface area contributed by atoms with E-state index in [1.165, 1.54) is 0 Å². The lowest BCUT2D eigenvalue weighted by molar-refractivity contribution is -0.117. The lowest BCUT2D eigenvalue weighted by atomic mass is 10.1. The highest BCUT2D eigenvalue weighted by molar-refractivity contribution is 6.18. The molecular formula is C15H15ClN2O2. The zero-order valence-corrected chi connectivity index (χ0v) is 11.9. The van der Waals surface area contributed by atoms with E-state index in [1.807, 2.05) is 24.3 Å². The summed E-state index contributed by atoms with van der Waals surface area (Å²) in [5.74, 6) is 1.52. The number of methoxy groups -OCH3 is 1. The van der Waals surface area contributed by atoms with Crippen LogP contribution in [0.4, 0.5) is 5.69 Å². The fourth-order valence-electron chi connectivity index (χ4n) is 2.59. The van der Waals surface area contributed by atoms with Gasteiger partial charge in [-0.3, -0.25) is 9.78 Å². The van der Waals surface area contributed by atoms with Crippen molar-refractivity contribution in [3.8, 4) is 5.75 Å². The van der Waals surface area contributed by atoms with Gasteiger partial charge in [0, 0.05) is 36.5 Å². The third-order valence-electron chi connectivity index (χ3n) is 3.61. The van der Waals surface area contributed by atoms with Crippen LogP contribution in [0.25, 0.3) is 10.9 Å². The summed E-state index contributed by atoms with van der Waals surface area (Å²) in [6, 6.07) is 7.63. The Morgan fingerprint density at radius 2 is 2.35 bits per heavy atom. The van der Waals surface area contributed by atoms with Crippen LogP contribution < -0.4 is 9.64 Å². The number of aromatic nitrogens is 1. The molecule has 0 spiro atoms. The van der Waals surface area contributed by atoms with E-state index in [9.17, 15) is 4.79 Å². The van der Waals surface area contributed by atoms with E-state index in [4.69, 9.17) is 16.3 Å². The van der Waals surface area contributed by atoms with Gasteiger partial charge in [0.05, 0.1) is 18.3 Å². The second-order valence-corrected chi connectivity index (χ2v) is 5.26. The van der Waals surface area contributed by atoms with Gasteiger partial charge in [0.2, 0.25) is 5.91 Å². The van der Waals surface area contributed by atoms with Crippen LogP contribution in [0.5, 0.6) is 5.75 Å². The van der Waals surface area contributed by atoms with Crippen LogP contribution in [0.1, 0.15) is 6.42 Å². The highest BCUT2D eigenvalue weighted by atomic mass is 35.5. The molecular weight excluding hydrogens is 276 g/mol. The molecule has 1 aliphatic rings. The predicted molar refractivity (Wildman–Crippen MR) is 79.5 cm³/mol. The summed E-state index contributed by atoms with van der Waals surface area (Å²) in [7, 11) is 1.62. The van der Waals surface area contributed by atoms with Crippen LogP contribution in [-0.4, -0.2) is 30.4 Å². The summed E-state index contributed by atoms with van der Waals surface area (Å²) in [4.78, 5) is 18.4. The minimum absolute atomic E-state index is 0.0934. The third-order valence-corrected chi connectivity index (χ3v) is 4.04. The van der Waals surface area contributed by atoms with Crippen molar-refractivity contribution in [3.63, 3.8) is 0 Å². The second-order valence-electron chi connectivity index (χ2n) is 4.95. The Kier molecular flexibility index (Phi) is 3.49. The number of fused-ring (bicyclic) bond motifs is 1. The minimum atomic E-state index is 0.0934. The lowest BCUT2D eigenvalue weighted by Gasteiger charge is -2.19. The normalized spacial score (nSPS) is 18.8. The van der Waals surface area contributed by atoms with Crippen LogP contribution in [0.2, 0.25) is 0 Å². The fourth-order valence-corrected chi connectivity index (χ4v) is 2.79. The minimum Gasteiger partial charge on any atom is -0.497 e. The lowest BCUT2D eigenvalue weighted by Crippen LogP contribution is -2.25. The number of carbonyl (C=O) groups is 1. The zero-order valence-electron chi connectivity index (χ0n) is 11.2. The summed E-state index contributed by atoms with van der Waals surface area (Å²) in [5.41, 5.74) is 1.62. The Morgan fingerprint density at radius 3 is 3.05 bits per heavy atom. The first-order chi connectivity index (χ1) is 9.72. The molecule has 104 valence electrons. The number of hydrogen-bond acceptors (Lipinski definition) is 3. The third kappa shape index (κ3) is 2.20. The van der Waals surface area contributed by atoms with E-state index in [1.54, 1.807) is 18.2 Å². The molecule has 3 rings (SSSR count). The van der Waals surface area contributed by atoms with Crippen molar-refractivity contribution in [3.05, 3.63) is 30.5 Å². The molecule has 1 amide bonds. The van der Waals surface area contributed by atoms with Crippen molar-refractivity contribution in [1.29, 1.82) is 0 Å². The quantitative estimate of drug-likeness (QED) is 0.816. The molecule has 1 unspecified atom stereocenters. The maximum Gasteiger partial charge on any atom is 0.227 e. The molecule has 0 N–H and O–H groups in total. The molecule has 0 saturated carbocycles. The van der Waals surface area contributed by atoms with Crippen molar-refractivity contribution in [2.75, 3.05) is 24.4 Å². The molecule has 0 aliphatic carbocycles. The largest absolute Gasteiger partial charge is 0.497 e. The number of pyridine rings is 1. The molecule has 1 atom stereocenters. The highest BCUT2D eigenvalue weighted by Crippen LogP contribution is 2.34. The van der Waals surface area contributed by atoms with E-state index >= 15 is 0 Å². The number of benzene rings is 1. The Morgan fingerprint density at radius 1 is 1.50 bits per heavy atom. The van der Waals surface area contributed by atoms with Crippen molar-refractivity contribution in [1.82, 2.24) is 4.98 Å². The van der Waals surface area contributed by atoms with E-state index in [0.29, 0.717) is 18.8 Å². The molecule has 2 heterocycles. The van der Waals surface area contributed by atoms with Crippen molar-refractivity contribution >= 4 is 34.1 Å². The summed E-state index contributed by atoms with van der Waals surface area (Å²) in [6.07, 6.45) is 2.23. The smallest absolute Gasteiger partial charge is 0.227 e. The monoisotopic (exact) mass is 290 g/mol. The van der Waals surface area contributed by atoms with Crippen LogP contribution in [-0.2, 0) is 4.79 Å². The number of carbonyl (C=O) groups excluding carboxylic acids is 1. The van der Waals surface area contributed by atoms with Crippen molar-refractivity contribution in [2.45, 2.75) is 6.42 Å². The Bertz CT molecular complexity index is 659. The Balaban J connectivity index is 2.12. The van der Waals surface area contributed by atoms with Gasteiger partial charge >= 0.3 is 0 Å². The zero-order chi connectivity index (χ0) is 14.1.